The van der Waals surface area contributed by atoms with Crippen LogP contribution in [0.25, 0.3) is 0 Å². The fourth-order valence-corrected chi connectivity index (χ4v) is 13.5. The molecule has 544 valence electrons. The fourth-order valence-electron chi connectivity index (χ4n) is 12.3. The zero-order valence-electron chi connectivity index (χ0n) is 62.4. The first-order valence-corrected chi connectivity index (χ1v) is 35.4. The number of carbonyl (C=O) groups excluding carboxylic acids is 11. The van der Waals surface area contributed by atoms with Gasteiger partial charge in [-0.2, -0.15) is 0 Å². The Balaban J connectivity index is 3.14. The number of carbonyl (C=O) groups is 11. The molecule has 0 unspecified atom stereocenters. The van der Waals surface area contributed by atoms with Gasteiger partial charge in [0.15, 0.2) is 5.37 Å². The fraction of sp³-hybridized carbons (Fsp3) is 0.812. The maximum atomic E-state index is 15.5. The maximum absolute atomic E-state index is 15.5. The van der Waals surface area contributed by atoms with Crippen LogP contribution in [0, 0.1) is 35.5 Å². The number of hydrogen-bond donors (Lipinski definition) is 5. The summed E-state index contributed by atoms with van der Waals surface area (Å²) in [5.41, 5.74) is -1.04. The predicted molar refractivity (Wildman–Crippen MR) is 372 cm³/mol. The quantitative estimate of drug-likeness (QED) is 0.107. The number of likely N-dealkylation sites (tertiary alicyclic amines) is 1. The van der Waals surface area contributed by atoms with E-state index in [9.17, 15) is 24.3 Å². The lowest BCUT2D eigenvalue weighted by Gasteiger charge is -2.41. The number of amides is 11. The smallest absolute Gasteiger partial charge is 0.256 e. The van der Waals surface area contributed by atoms with Crippen molar-refractivity contribution in [1.82, 2.24) is 60.5 Å². The number of rotatable bonds is 20. The molecule has 5 N–H and O–H groups in total. The van der Waals surface area contributed by atoms with Crippen LogP contribution < -0.4 is 21.3 Å². The molecule has 11 amide bonds. The Morgan fingerprint density at radius 2 is 1.00 bits per heavy atom. The molecule has 0 aliphatic carbocycles. The molecule has 26 heteroatoms. The van der Waals surface area contributed by atoms with Crippen molar-refractivity contribution in [3.8, 4) is 0 Å². The first kappa shape index (κ1) is 85.2. The van der Waals surface area contributed by atoms with Gasteiger partial charge < -0.3 is 70.3 Å². The molecule has 0 bridgehead atoms. The Bertz CT molecular complexity index is 2620. The van der Waals surface area contributed by atoms with E-state index in [1.165, 1.54) is 111 Å². The van der Waals surface area contributed by atoms with Gasteiger partial charge in [-0.05, 0) is 128 Å². The molecule has 0 spiro atoms. The number of likely N-dealkylation sites (N-methyl/N-ethyl adjacent to an activating group) is 7. The van der Waals surface area contributed by atoms with Crippen molar-refractivity contribution in [3.63, 3.8) is 0 Å². The molecule has 0 aromatic rings. The Kier molecular flexibility index (Phi) is 34.9. The highest BCUT2D eigenvalue weighted by molar-refractivity contribution is 8.00. The number of nitrogens with one attached hydrogen (secondary N) is 4. The van der Waals surface area contributed by atoms with Crippen molar-refractivity contribution >= 4 is 76.7 Å². The van der Waals surface area contributed by atoms with Gasteiger partial charge in [0.2, 0.25) is 59.1 Å². The van der Waals surface area contributed by atoms with Crippen LogP contribution in [0.15, 0.2) is 12.2 Å². The van der Waals surface area contributed by atoms with Crippen LogP contribution in [-0.4, -0.2) is 269 Å². The molecule has 2 saturated heterocycles. The zero-order chi connectivity index (χ0) is 73.0. The first-order valence-electron chi connectivity index (χ1n) is 34.3. The number of thioether (sulfide) groups is 1. The monoisotopic (exact) mass is 1360 g/mol. The highest BCUT2D eigenvalue weighted by atomic mass is 32.2. The van der Waals surface area contributed by atoms with Gasteiger partial charge >= 0.3 is 0 Å². The van der Waals surface area contributed by atoms with E-state index in [0.717, 1.165) is 30.8 Å². The molecule has 13 atom stereocenters. The van der Waals surface area contributed by atoms with Gasteiger partial charge in [0.05, 0.1) is 11.7 Å². The number of allylic oxidation sites excluding steroid dienone is 2. The van der Waals surface area contributed by atoms with E-state index in [4.69, 9.17) is 4.74 Å². The molecular weight excluding hydrogens is 1240 g/mol. The third-order valence-electron chi connectivity index (χ3n) is 18.6. The summed E-state index contributed by atoms with van der Waals surface area (Å²) >= 11 is 1.19. The average molecular weight is 1360 g/mol. The Morgan fingerprint density at radius 3 is 1.48 bits per heavy atom. The number of methoxy groups -OCH3 is 1. The van der Waals surface area contributed by atoms with E-state index < -0.39 is 160 Å². The number of aliphatic hydroxyl groups is 1. The van der Waals surface area contributed by atoms with Crippen molar-refractivity contribution in [2.24, 2.45) is 35.5 Å². The van der Waals surface area contributed by atoms with E-state index in [0.29, 0.717) is 18.7 Å². The van der Waals surface area contributed by atoms with Crippen molar-refractivity contribution in [3.05, 3.63) is 12.2 Å². The predicted octanol–water partition coefficient (Wildman–Crippen LogP) is 4.19. The Morgan fingerprint density at radius 1 is 0.537 bits per heavy atom. The van der Waals surface area contributed by atoms with Crippen LogP contribution in [0.3, 0.4) is 0 Å². The lowest BCUT2D eigenvalue weighted by molar-refractivity contribution is -0.157. The van der Waals surface area contributed by atoms with Gasteiger partial charge in [0.25, 0.3) is 5.91 Å². The Hall–Kier alpha value is -5.86. The van der Waals surface area contributed by atoms with Gasteiger partial charge in [-0.3, -0.25) is 52.7 Å². The summed E-state index contributed by atoms with van der Waals surface area (Å²) < 4.78 is 5.85. The minimum absolute atomic E-state index is 0.00506. The second kappa shape index (κ2) is 38.9. The van der Waals surface area contributed by atoms with Crippen molar-refractivity contribution in [2.75, 3.05) is 81.8 Å². The topological polar surface area (TPSA) is 291 Å². The van der Waals surface area contributed by atoms with E-state index in [1.807, 2.05) is 54.5 Å². The van der Waals surface area contributed by atoms with Crippen LogP contribution in [0.4, 0.5) is 0 Å². The van der Waals surface area contributed by atoms with E-state index in [1.54, 1.807) is 61.5 Å². The first-order chi connectivity index (χ1) is 44.0. The number of aliphatic hydroxyl groups excluding tert-OH is 1. The molecule has 2 fully saturated rings. The molecule has 25 nitrogen and oxygen atoms in total. The average Bonchev–Trinajstić information content (AvgIpc) is 1.24. The van der Waals surface area contributed by atoms with Gasteiger partial charge in [-0.25, -0.2) is 0 Å². The molecular formula is C69H124N12O13S. The van der Waals surface area contributed by atoms with Gasteiger partial charge in [0, 0.05) is 75.2 Å². The van der Waals surface area contributed by atoms with Crippen LogP contribution in [0.5, 0.6) is 0 Å². The van der Waals surface area contributed by atoms with Crippen LogP contribution >= 0.6 is 11.8 Å². The molecule has 2 rings (SSSR count). The summed E-state index contributed by atoms with van der Waals surface area (Å²) in [5, 5.41) is 22.2. The van der Waals surface area contributed by atoms with E-state index >= 15 is 33.6 Å². The second-order valence-corrected chi connectivity index (χ2v) is 30.3. The molecule has 0 aromatic heterocycles. The zero-order valence-corrected chi connectivity index (χ0v) is 63.2. The molecule has 2 heterocycles. The largest absolute Gasteiger partial charge is 0.390 e. The highest BCUT2D eigenvalue weighted by Crippen LogP contribution is 2.28. The maximum Gasteiger partial charge on any atom is 0.256 e. The normalized spacial score (nSPS) is 27.3. The number of hydrogen-bond acceptors (Lipinski definition) is 15. The highest BCUT2D eigenvalue weighted by Gasteiger charge is 2.47. The molecule has 0 saturated carbocycles. The third kappa shape index (κ3) is 24.0. The summed E-state index contributed by atoms with van der Waals surface area (Å²) in [5.74, 6) is -9.49. The lowest BCUT2D eigenvalue weighted by Crippen LogP contribution is -2.64. The van der Waals surface area contributed by atoms with Gasteiger partial charge in [0.1, 0.15) is 60.4 Å². The summed E-state index contributed by atoms with van der Waals surface area (Å²) in [4.78, 5) is 176. The number of ether oxygens (including phenoxy) is 1. The molecule has 2 aliphatic rings. The van der Waals surface area contributed by atoms with Crippen molar-refractivity contribution in [1.29, 1.82) is 0 Å². The minimum atomic E-state index is -1.64. The third-order valence-corrected chi connectivity index (χ3v) is 19.9. The summed E-state index contributed by atoms with van der Waals surface area (Å²) in [7, 11) is 11.5. The standard InChI is InChI=1S/C69H124N12O13S/c1-26-28-31-45(13)56(82)55-60(86)72-48(27-2)62(88)80(24)68(95-35-34-81-32-29-30-33-81)67(93)77(21)52(39-69(16,17)94-25)59(85)73-53(43(9)10)65(91)74(18)49(36-40(3)4)58(84)70-46(14)57(83)71-47(15)61(87)75(19)50(37-41(5)6)63(89)76(20)51(38-42(7)8)64(90)78(22)54(44(11)12)66(92)79(55)23/h26,28,40-56,68,82H,27,29-39H2,1-25H3,(H,70,84)(H,71,83)(H,72,86)(H,73,85)/t45-,46+,47+,48+,49+,50+,51+,52+,53+,54+,55+,56-,68-/m1/s1. The molecule has 95 heavy (non-hydrogen) atoms. The van der Waals surface area contributed by atoms with Crippen LogP contribution in [-0.2, 0) is 57.5 Å². The summed E-state index contributed by atoms with van der Waals surface area (Å²) in [6.07, 6.45) is 4.73. The second-order valence-electron chi connectivity index (χ2n) is 29.1. The van der Waals surface area contributed by atoms with Crippen LogP contribution in [0.2, 0.25) is 0 Å². The lowest BCUT2D eigenvalue weighted by atomic mass is 9.91. The number of nitrogens with zero attached hydrogens (tertiary/aromatic N) is 8. The Labute approximate surface area is 573 Å². The van der Waals surface area contributed by atoms with Crippen molar-refractivity contribution < 1.29 is 62.6 Å². The van der Waals surface area contributed by atoms with E-state index in [2.05, 4.69) is 26.2 Å². The molecule has 0 radical (unpaired) electrons. The van der Waals surface area contributed by atoms with Gasteiger partial charge in [-0.15, -0.1) is 11.8 Å². The van der Waals surface area contributed by atoms with Crippen LogP contribution in [0.1, 0.15) is 169 Å². The van der Waals surface area contributed by atoms with E-state index in [-0.39, 0.29) is 49.9 Å². The summed E-state index contributed by atoms with van der Waals surface area (Å²) in [6.45, 7) is 32.0. The SMILES string of the molecule is CC=CC[C@@H](C)[C@@H](O)[C@H]1C(=O)N[C@@H](CC)C(=O)N(C)[C@H](SCCN2CCCC2)C(=O)N(C)[C@@H](CC(C)(C)OC)C(=O)N[C@@H](C(C)C)C(=O)N(C)[C@@H](CC(C)C)C(=O)N[C@@H](C)C(=O)N[C@@H](C)C(=O)N(C)[C@@H](CC(C)C)C(=O)N(C)[C@@H](CC(C)C)C(=O)N(C)[C@@H](C(C)C)C(=O)N1C. The molecule has 2 aliphatic heterocycles. The van der Waals surface area contributed by atoms with Crippen molar-refractivity contribution in [2.45, 2.75) is 247 Å². The summed E-state index contributed by atoms with van der Waals surface area (Å²) in [6, 6.07) is -12.8. The minimum Gasteiger partial charge on any atom is -0.390 e. The molecule has 0 aromatic carbocycles. The van der Waals surface area contributed by atoms with Gasteiger partial charge in [-0.1, -0.05) is 95.2 Å².